The Morgan fingerprint density at radius 2 is 1.60 bits per heavy atom. The minimum atomic E-state index is -0.161. The van der Waals surface area contributed by atoms with Crippen molar-refractivity contribution in [2.24, 2.45) is 5.92 Å². The zero-order chi connectivity index (χ0) is 21.3. The van der Waals surface area contributed by atoms with Gasteiger partial charge in [-0.05, 0) is 48.9 Å². The number of amides is 2. The standard InChI is InChI=1S/C25H28N2O3/c1-3-16(4-2)25(30)27-13-11-18(12-14-27)26-24(29)17-9-10-20-19-7-5-6-8-21(19)23(28)22(20)15-17/h5-10,15-16,18H,3-4,11-14H2,1-2H3,(H,26,29). The fourth-order valence-corrected chi connectivity index (χ4v) is 4.58. The molecule has 2 aromatic carbocycles. The van der Waals surface area contributed by atoms with Gasteiger partial charge in [0.05, 0.1) is 0 Å². The van der Waals surface area contributed by atoms with Crippen molar-refractivity contribution >= 4 is 17.6 Å². The maximum Gasteiger partial charge on any atom is 0.251 e. The minimum absolute atomic E-state index is 0.0246. The third kappa shape index (κ3) is 3.64. The lowest BCUT2D eigenvalue weighted by Gasteiger charge is -2.34. The highest BCUT2D eigenvalue weighted by atomic mass is 16.2. The highest BCUT2D eigenvalue weighted by molar-refractivity contribution is 6.22. The topological polar surface area (TPSA) is 66.5 Å². The maximum absolute atomic E-state index is 12.8. The molecule has 2 aliphatic rings. The Labute approximate surface area is 177 Å². The minimum Gasteiger partial charge on any atom is -0.349 e. The van der Waals surface area contributed by atoms with Gasteiger partial charge in [0.2, 0.25) is 5.91 Å². The third-order valence-electron chi connectivity index (χ3n) is 6.46. The van der Waals surface area contributed by atoms with Crippen LogP contribution in [0.5, 0.6) is 0 Å². The van der Waals surface area contributed by atoms with E-state index in [4.69, 9.17) is 0 Å². The molecule has 1 fully saturated rings. The van der Waals surface area contributed by atoms with E-state index in [0.29, 0.717) is 29.8 Å². The Balaban J connectivity index is 1.39. The van der Waals surface area contributed by atoms with Gasteiger partial charge in [0.15, 0.2) is 5.78 Å². The molecule has 2 amide bonds. The molecule has 30 heavy (non-hydrogen) atoms. The number of ketones is 1. The van der Waals surface area contributed by atoms with Crippen LogP contribution in [0.3, 0.4) is 0 Å². The first-order valence-electron chi connectivity index (χ1n) is 10.9. The summed E-state index contributed by atoms with van der Waals surface area (Å²) < 4.78 is 0. The van der Waals surface area contributed by atoms with Crippen molar-refractivity contribution < 1.29 is 14.4 Å². The third-order valence-corrected chi connectivity index (χ3v) is 6.46. The molecule has 1 aliphatic heterocycles. The second-order valence-corrected chi connectivity index (χ2v) is 8.22. The molecule has 4 rings (SSSR count). The molecule has 5 nitrogen and oxygen atoms in total. The van der Waals surface area contributed by atoms with Crippen LogP contribution in [-0.2, 0) is 4.79 Å². The fraction of sp³-hybridized carbons (Fsp3) is 0.400. The van der Waals surface area contributed by atoms with Crippen LogP contribution in [0.25, 0.3) is 11.1 Å². The second kappa shape index (κ2) is 8.42. The smallest absolute Gasteiger partial charge is 0.251 e. The first-order valence-corrected chi connectivity index (χ1v) is 10.9. The van der Waals surface area contributed by atoms with Crippen LogP contribution < -0.4 is 5.32 Å². The van der Waals surface area contributed by atoms with E-state index in [1.807, 2.05) is 35.2 Å². The molecule has 1 N–H and O–H groups in total. The first kappa shape index (κ1) is 20.3. The summed E-state index contributed by atoms with van der Waals surface area (Å²) in [6, 6.07) is 12.9. The molecule has 156 valence electrons. The highest BCUT2D eigenvalue weighted by Gasteiger charge is 2.29. The van der Waals surface area contributed by atoms with Crippen LogP contribution in [-0.4, -0.2) is 41.6 Å². The predicted molar refractivity (Wildman–Crippen MR) is 116 cm³/mol. The summed E-state index contributed by atoms with van der Waals surface area (Å²) in [4.78, 5) is 40.0. The van der Waals surface area contributed by atoms with Crippen LogP contribution in [0.1, 0.15) is 65.8 Å². The van der Waals surface area contributed by atoms with E-state index in [-0.39, 0.29) is 29.6 Å². The summed E-state index contributed by atoms with van der Waals surface area (Å²) in [6.07, 6.45) is 3.25. The number of likely N-dealkylation sites (tertiary alicyclic amines) is 1. The number of nitrogens with zero attached hydrogens (tertiary/aromatic N) is 1. The zero-order valence-corrected chi connectivity index (χ0v) is 17.6. The van der Waals surface area contributed by atoms with Gasteiger partial charge in [-0.15, -0.1) is 0 Å². The van der Waals surface area contributed by atoms with Gasteiger partial charge in [0, 0.05) is 41.7 Å². The lowest BCUT2D eigenvalue weighted by Crippen LogP contribution is -2.48. The van der Waals surface area contributed by atoms with Crippen LogP contribution in [0.4, 0.5) is 0 Å². The van der Waals surface area contributed by atoms with Gasteiger partial charge in [-0.3, -0.25) is 14.4 Å². The van der Waals surface area contributed by atoms with E-state index in [1.165, 1.54) is 0 Å². The Bertz CT molecular complexity index is 986. The number of carbonyl (C=O) groups excluding carboxylic acids is 3. The number of nitrogens with one attached hydrogen (secondary N) is 1. The van der Waals surface area contributed by atoms with Gasteiger partial charge < -0.3 is 10.2 Å². The van der Waals surface area contributed by atoms with Crippen molar-refractivity contribution in [1.82, 2.24) is 10.2 Å². The van der Waals surface area contributed by atoms with Gasteiger partial charge in [0.25, 0.3) is 5.91 Å². The van der Waals surface area contributed by atoms with E-state index in [0.717, 1.165) is 36.8 Å². The van der Waals surface area contributed by atoms with E-state index >= 15 is 0 Å². The average Bonchev–Trinajstić information content (AvgIpc) is 3.07. The Hall–Kier alpha value is -2.95. The van der Waals surface area contributed by atoms with Crippen molar-refractivity contribution in [2.75, 3.05) is 13.1 Å². The van der Waals surface area contributed by atoms with Crippen molar-refractivity contribution in [3.05, 3.63) is 59.2 Å². The van der Waals surface area contributed by atoms with Crippen molar-refractivity contribution in [2.45, 2.75) is 45.6 Å². The molecular formula is C25H28N2O3. The molecule has 1 heterocycles. The summed E-state index contributed by atoms with van der Waals surface area (Å²) >= 11 is 0. The number of benzene rings is 2. The molecule has 0 saturated carbocycles. The van der Waals surface area contributed by atoms with Crippen molar-refractivity contribution in [3.63, 3.8) is 0 Å². The molecule has 1 saturated heterocycles. The average molecular weight is 405 g/mol. The first-order chi connectivity index (χ1) is 14.5. The Kier molecular flexibility index (Phi) is 5.71. The summed E-state index contributed by atoms with van der Waals surface area (Å²) in [5.74, 6) is 0.153. The van der Waals surface area contributed by atoms with Crippen LogP contribution >= 0.6 is 0 Å². The van der Waals surface area contributed by atoms with Gasteiger partial charge in [0.1, 0.15) is 0 Å². The molecule has 0 aromatic heterocycles. The maximum atomic E-state index is 12.8. The number of fused-ring (bicyclic) bond motifs is 3. The van der Waals surface area contributed by atoms with Crippen LogP contribution in [0.15, 0.2) is 42.5 Å². The summed E-state index contributed by atoms with van der Waals surface area (Å²) in [5, 5.41) is 3.09. The molecule has 2 aromatic rings. The molecule has 0 bridgehead atoms. The lowest BCUT2D eigenvalue weighted by molar-refractivity contribution is -0.136. The SMILES string of the molecule is CCC(CC)C(=O)N1CCC(NC(=O)c2ccc3c(c2)C(=O)c2ccccc2-3)CC1. The normalized spacial score (nSPS) is 15.8. The quantitative estimate of drug-likeness (QED) is 0.697. The molecule has 5 heteroatoms. The largest absolute Gasteiger partial charge is 0.349 e. The zero-order valence-electron chi connectivity index (χ0n) is 17.6. The summed E-state index contributed by atoms with van der Waals surface area (Å²) in [5.41, 5.74) is 3.61. The molecular weight excluding hydrogens is 376 g/mol. The van der Waals surface area contributed by atoms with Crippen molar-refractivity contribution in [1.29, 1.82) is 0 Å². The number of carbonyl (C=O) groups is 3. The van der Waals surface area contributed by atoms with Crippen LogP contribution in [0, 0.1) is 5.92 Å². The molecule has 0 spiro atoms. The van der Waals surface area contributed by atoms with E-state index in [9.17, 15) is 14.4 Å². The predicted octanol–water partition coefficient (Wildman–Crippen LogP) is 4.06. The number of hydrogen-bond acceptors (Lipinski definition) is 3. The summed E-state index contributed by atoms with van der Waals surface area (Å²) in [6.45, 7) is 5.47. The van der Waals surface area contributed by atoms with E-state index < -0.39 is 0 Å². The van der Waals surface area contributed by atoms with E-state index in [1.54, 1.807) is 12.1 Å². The van der Waals surface area contributed by atoms with Crippen molar-refractivity contribution in [3.8, 4) is 11.1 Å². The van der Waals surface area contributed by atoms with Gasteiger partial charge in [-0.1, -0.05) is 44.2 Å². The lowest BCUT2D eigenvalue weighted by atomic mass is 9.98. The number of hydrogen-bond donors (Lipinski definition) is 1. The van der Waals surface area contributed by atoms with Gasteiger partial charge in [-0.2, -0.15) is 0 Å². The molecule has 1 aliphatic carbocycles. The van der Waals surface area contributed by atoms with E-state index in [2.05, 4.69) is 19.2 Å². The monoisotopic (exact) mass is 404 g/mol. The summed E-state index contributed by atoms with van der Waals surface area (Å²) in [7, 11) is 0. The molecule has 0 unspecified atom stereocenters. The fourth-order valence-electron chi connectivity index (χ4n) is 4.58. The highest BCUT2D eigenvalue weighted by Crippen LogP contribution is 2.36. The second-order valence-electron chi connectivity index (χ2n) is 8.22. The Morgan fingerprint density at radius 3 is 2.27 bits per heavy atom. The Morgan fingerprint density at radius 1 is 0.967 bits per heavy atom. The number of piperidine rings is 1. The molecule has 0 atom stereocenters. The molecule has 0 radical (unpaired) electrons. The van der Waals surface area contributed by atoms with Gasteiger partial charge >= 0.3 is 0 Å². The number of rotatable bonds is 5. The van der Waals surface area contributed by atoms with Gasteiger partial charge in [-0.25, -0.2) is 0 Å². The van der Waals surface area contributed by atoms with Crippen LogP contribution in [0.2, 0.25) is 0 Å².